The van der Waals surface area contributed by atoms with Gasteiger partial charge in [-0.25, -0.2) is 4.79 Å². The molecule has 3 amide bonds. The highest BCUT2D eigenvalue weighted by Gasteiger charge is 2.20. The smallest absolute Gasteiger partial charge is 0.324 e. The van der Waals surface area contributed by atoms with Crippen LogP contribution in [0.1, 0.15) is 18.9 Å². The maximum absolute atomic E-state index is 11.9. The van der Waals surface area contributed by atoms with Crippen LogP contribution in [0.15, 0.2) is 0 Å². The number of anilines is 1. The van der Waals surface area contributed by atoms with Crippen LogP contribution in [0.5, 0.6) is 0 Å². The predicted molar refractivity (Wildman–Crippen MR) is 75.9 cm³/mol. The first-order chi connectivity index (χ1) is 9.77. The lowest BCUT2D eigenvalue weighted by Crippen LogP contribution is -2.43. The lowest BCUT2D eigenvalue weighted by molar-refractivity contribution is -0.137. The standard InChI is InChI=1S/C11H17N5O4S/c1-6(2)3-8-14-15-10(21-8)13-11(20)16(4-7(12)17)5-9(18)19/h6H,3-5H2,1-2H3,(H2,12,17)(H,18,19)(H,13,15,20). The van der Waals surface area contributed by atoms with Crippen molar-refractivity contribution >= 4 is 34.4 Å². The van der Waals surface area contributed by atoms with Crippen molar-refractivity contribution in [1.82, 2.24) is 15.1 Å². The monoisotopic (exact) mass is 315 g/mol. The Balaban J connectivity index is 2.69. The van der Waals surface area contributed by atoms with Gasteiger partial charge in [0.25, 0.3) is 0 Å². The van der Waals surface area contributed by atoms with Crippen molar-refractivity contribution in [2.45, 2.75) is 20.3 Å². The average molecular weight is 315 g/mol. The number of aromatic nitrogens is 2. The molecule has 0 saturated heterocycles. The Labute approximate surface area is 125 Å². The Morgan fingerprint density at radius 2 is 2.00 bits per heavy atom. The van der Waals surface area contributed by atoms with Crippen LogP contribution in [0.2, 0.25) is 0 Å². The highest BCUT2D eigenvalue weighted by Crippen LogP contribution is 2.18. The minimum absolute atomic E-state index is 0.246. The quantitative estimate of drug-likeness (QED) is 0.654. The molecule has 0 spiro atoms. The fourth-order valence-corrected chi connectivity index (χ4v) is 2.40. The maximum Gasteiger partial charge on any atom is 0.324 e. The molecule has 21 heavy (non-hydrogen) atoms. The molecule has 9 nitrogen and oxygen atoms in total. The molecule has 0 atom stereocenters. The van der Waals surface area contributed by atoms with Crippen molar-refractivity contribution in [3.8, 4) is 0 Å². The van der Waals surface area contributed by atoms with Gasteiger partial charge in [0.05, 0.1) is 0 Å². The molecule has 10 heteroatoms. The summed E-state index contributed by atoms with van der Waals surface area (Å²) in [4.78, 5) is 34.2. The molecular formula is C11H17N5O4S. The summed E-state index contributed by atoms with van der Waals surface area (Å²) >= 11 is 1.20. The lowest BCUT2D eigenvalue weighted by atomic mass is 10.1. The van der Waals surface area contributed by atoms with E-state index in [1.165, 1.54) is 11.3 Å². The van der Waals surface area contributed by atoms with Gasteiger partial charge in [0.15, 0.2) is 0 Å². The van der Waals surface area contributed by atoms with Crippen LogP contribution in [0.4, 0.5) is 9.93 Å². The number of aliphatic carboxylic acids is 1. The first kappa shape index (κ1) is 16.8. The molecular weight excluding hydrogens is 298 g/mol. The van der Waals surface area contributed by atoms with Gasteiger partial charge in [-0.1, -0.05) is 25.2 Å². The number of carboxylic acids is 1. The fraction of sp³-hybridized carbons (Fsp3) is 0.545. The van der Waals surface area contributed by atoms with Crippen molar-refractivity contribution in [1.29, 1.82) is 0 Å². The van der Waals surface area contributed by atoms with Crippen LogP contribution in [0, 0.1) is 5.92 Å². The number of hydrogen-bond donors (Lipinski definition) is 3. The van der Waals surface area contributed by atoms with Crippen molar-refractivity contribution in [2.75, 3.05) is 18.4 Å². The van der Waals surface area contributed by atoms with E-state index in [0.717, 1.165) is 16.3 Å². The second-order valence-corrected chi connectivity index (χ2v) is 5.81. The van der Waals surface area contributed by atoms with Crippen molar-refractivity contribution in [2.24, 2.45) is 11.7 Å². The molecule has 0 aliphatic carbocycles. The zero-order valence-electron chi connectivity index (χ0n) is 11.7. The van der Waals surface area contributed by atoms with Gasteiger partial charge >= 0.3 is 12.0 Å². The maximum atomic E-state index is 11.9. The number of carboxylic acid groups (broad SMARTS) is 1. The van der Waals surface area contributed by atoms with E-state index in [0.29, 0.717) is 5.92 Å². The Hall–Kier alpha value is -2.23. The molecule has 1 aromatic rings. The van der Waals surface area contributed by atoms with Crippen molar-refractivity contribution in [3.63, 3.8) is 0 Å². The molecule has 0 saturated carbocycles. The summed E-state index contributed by atoms with van der Waals surface area (Å²) in [7, 11) is 0. The largest absolute Gasteiger partial charge is 0.480 e. The van der Waals surface area contributed by atoms with Gasteiger partial charge in [-0.15, -0.1) is 10.2 Å². The second-order valence-electron chi connectivity index (χ2n) is 4.75. The van der Waals surface area contributed by atoms with Gasteiger partial charge in [0, 0.05) is 6.42 Å². The van der Waals surface area contributed by atoms with Crippen LogP contribution in [-0.2, 0) is 16.0 Å². The van der Waals surface area contributed by atoms with E-state index >= 15 is 0 Å². The number of carbonyl (C=O) groups excluding carboxylic acids is 2. The summed E-state index contributed by atoms with van der Waals surface area (Å²) in [6.45, 7) is 2.93. The summed E-state index contributed by atoms with van der Waals surface area (Å²) in [6.07, 6.45) is 0.730. The summed E-state index contributed by atoms with van der Waals surface area (Å²) in [5.74, 6) is -1.65. The fourth-order valence-electron chi connectivity index (χ4n) is 1.46. The number of nitrogens with one attached hydrogen (secondary N) is 1. The lowest BCUT2D eigenvalue weighted by Gasteiger charge is -2.18. The number of nitrogens with two attached hydrogens (primary N) is 1. The predicted octanol–water partition coefficient (Wildman–Crippen LogP) is 0.140. The average Bonchev–Trinajstić information content (AvgIpc) is 2.73. The summed E-state index contributed by atoms with van der Waals surface area (Å²) in [5.41, 5.74) is 4.98. The highest BCUT2D eigenvalue weighted by atomic mass is 32.1. The van der Waals surface area contributed by atoms with E-state index in [2.05, 4.69) is 15.5 Å². The second kappa shape index (κ2) is 7.53. The minimum Gasteiger partial charge on any atom is -0.480 e. The Kier molecular flexibility index (Phi) is 6.03. The summed E-state index contributed by atoms with van der Waals surface area (Å²) < 4.78 is 0. The normalized spacial score (nSPS) is 10.4. The van der Waals surface area contributed by atoms with Crippen LogP contribution >= 0.6 is 11.3 Å². The molecule has 1 aromatic heterocycles. The topological polar surface area (TPSA) is 139 Å². The number of urea groups is 1. The number of carbonyl (C=O) groups is 3. The van der Waals surface area contributed by atoms with Gasteiger partial charge in [-0.05, 0) is 5.92 Å². The molecule has 0 radical (unpaired) electrons. The molecule has 1 heterocycles. The third-order valence-electron chi connectivity index (χ3n) is 2.22. The van der Waals surface area contributed by atoms with Gasteiger partial charge in [-0.2, -0.15) is 0 Å². The van der Waals surface area contributed by atoms with E-state index in [-0.39, 0.29) is 5.13 Å². The van der Waals surface area contributed by atoms with Crippen molar-refractivity contribution in [3.05, 3.63) is 5.01 Å². The molecule has 0 unspecified atom stereocenters. The number of rotatable bonds is 7. The minimum atomic E-state index is -1.25. The first-order valence-electron chi connectivity index (χ1n) is 6.16. The molecule has 4 N–H and O–H groups in total. The van der Waals surface area contributed by atoms with Gasteiger partial charge in [-0.3, -0.25) is 14.9 Å². The molecule has 1 rings (SSSR count). The number of nitrogens with zero attached hydrogens (tertiary/aromatic N) is 3. The number of amides is 3. The Morgan fingerprint density at radius 1 is 1.33 bits per heavy atom. The molecule has 0 aromatic carbocycles. The van der Waals surface area contributed by atoms with Crippen molar-refractivity contribution < 1.29 is 19.5 Å². The number of hydrogen-bond acceptors (Lipinski definition) is 6. The van der Waals surface area contributed by atoms with E-state index < -0.39 is 31.0 Å². The molecule has 0 aliphatic heterocycles. The van der Waals surface area contributed by atoms with Crippen LogP contribution in [0.25, 0.3) is 0 Å². The molecule has 0 aliphatic rings. The van der Waals surface area contributed by atoms with E-state index in [1.54, 1.807) is 0 Å². The summed E-state index contributed by atoms with van der Waals surface area (Å²) in [6, 6.07) is -0.761. The third-order valence-corrected chi connectivity index (χ3v) is 3.08. The number of primary amides is 1. The van der Waals surface area contributed by atoms with E-state index in [1.807, 2.05) is 13.8 Å². The zero-order chi connectivity index (χ0) is 16.0. The summed E-state index contributed by atoms with van der Waals surface area (Å²) in [5, 5.41) is 19.8. The third kappa shape index (κ3) is 6.17. The first-order valence-corrected chi connectivity index (χ1v) is 6.98. The molecule has 0 bridgehead atoms. The van der Waals surface area contributed by atoms with Gasteiger partial charge < -0.3 is 15.7 Å². The molecule has 116 valence electrons. The Morgan fingerprint density at radius 3 is 2.52 bits per heavy atom. The van der Waals surface area contributed by atoms with Crippen LogP contribution in [-0.4, -0.2) is 51.2 Å². The van der Waals surface area contributed by atoms with Gasteiger partial charge in [0.1, 0.15) is 18.1 Å². The zero-order valence-corrected chi connectivity index (χ0v) is 12.5. The molecule has 0 fully saturated rings. The Bertz CT molecular complexity index is 514. The van der Waals surface area contributed by atoms with E-state index in [9.17, 15) is 14.4 Å². The van der Waals surface area contributed by atoms with Crippen LogP contribution < -0.4 is 11.1 Å². The van der Waals surface area contributed by atoms with E-state index in [4.69, 9.17) is 10.8 Å². The van der Waals surface area contributed by atoms with Crippen LogP contribution in [0.3, 0.4) is 0 Å². The highest BCUT2D eigenvalue weighted by molar-refractivity contribution is 7.15. The SMILES string of the molecule is CC(C)Cc1nnc(NC(=O)N(CC(N)=O)CC(=O)O)s1. The van der Waals surface area contributed by atoms with Gasteiger partial charge in [0.2, 0.25) is 11.0 Å².